The van der Waals surface area contributed by atoms with Crippen molar-refractivity contribution in [3.05, 3.63) is 35.4 Å². The molecular weight excluding hydrogens is 190 g/mol. The van der Waals surface area contributed by atoms with Crippen molar-refractivity contribution in [3.63, 3.8) is 0 Å². The van der Waals surface area contributed by atoms with Gasteiger partial charge in [0.25, 0.3) is 0 Å². The molecule has 0 aromatic heterocycles. The van der Waals surface area contributed by atoms with Crippen LogP contribution in [0.15, 0.2) is 24.3 Å². The molecule has 2 atom stereocenters. The van der Waals surface area contributed by atoms with E-state index in [9.17, 15) is 0 Å². The number of aliphatic hydroxyl groups excluding tert-OH is 1. The van der Waals surface area contributed by atoms with Crippen LogP contribution < -0.4 is 0 Å². The Balaban J connectivity index is 2.17. The summed E-state index contributed by atoms with van der Waals surface area (Å²) in [6.45, 7) is 2.95. The van der Waals surface area contributed by atoms with E-state index in [0.29, 0.717) is 0 Å². The van der Waals surface area contributed by atoms with Crippen LogP contribution in [0.5, 0.6) is 0 Å². The van der Waals surface area contributed by atoms with Crippen molar-refractivity contribution in [3.8, 4) is 0 Å². The third kappa shape index (κ3) is 2.20. The van der Waals surface area contributed by atoms with Crippen LogP contribution in [-0.4, -0.2) is 36.3 Å². The molecule has 0 radical (unpaired) electrons. The highest BCUT2D eigenvalue weighted by Gasteiger charge is 2.30. The second-order valence-corrected chi connectivity index (χ2v) is 4.15. The minimum absolute atomic E-state index is 0.0120. The summed E-state index contributed by atoms with van der Waals surface area (Å²) < 4.78 is 5.74. The van der Waals surface area contributed by atoms with Crippen LogP contribution in [0.1, 0.15) is 17.4 Å². The van der Waals surface area contributed by atoms with Crippen LogP contribution in [0, 0.1) is 6.92 Å². The van der Waals surface area contributed by atoms with Crippen LogP contribution >= 0.6 is 0 Å². The predicted octanol–water partition coefficient (Wildman–Crippen LogP) is 1.32. The third-order valence-electron chi connectivity index (χ3n) is 2.74. The van der Waals surface area contributed by atoms with Gasteiger partial charge in [-0.25, -0.2) is 0 Å². The first-order chi connectivity index (χ1) is 7.20. The number of benzene rings is 1. The van der Waals surface area contributed by atoms with Gasteiger partial charge in [0.05, 0.1) is 12.7 Å². The van der Waals surface area contributed by atoms with E-state index in [0.717, 1.165) is 12.1 Å². The van der Waals surface area contributed by atoms with Gasteiger partial charge in [-0.15, -0.1) is 0 Å². The maximum absolute atomic E-state index is 9.05. The van der Waals surface area contributed by atoms with Gasteiger partial charge < -0.3 is 9.84 Å². The van der Waals surface area contributed by atoms with Gasteiger partial charge in [0, 0.05) is 6.54 Å². The fourth-order valence-electron chi connectivity index (χ4n) is 2.00. The molecule has 0 saturated carbocycles. The molecule has 1 fully saturated rings. The lowest BCUT2D eigenvalue weighted by Gasteiger charge is -2.18. The molecule has 0 bridgehead atoms. The number of ether oxygens (including phenoxy) is 1. The number of hydrogen-bond acceptors (Lipinski definition) is 3. The zero-order valence-corrected chi connectivity index (χ0v) is 9.18. The molecule has 3 heteroatoms. The topological polar surface area (TPSA) is 32.7 Å². The van der Waals surface area contributed by atoms with Crippen molar-refractivity contribution < 1.29 is 9.84 Å². The minimum Gasteiger partial charge on any atom is -0.394 e. The first kappa shape index (κ1) is 10.6. The normalized spacial score (nSPS) is 27.1. The second-order valence-electron chi connectivity index (χ2n) is 4.15. The summed E-state index contributed by atoms with van der Waals surface area (Å²) in [5, 5.41) is 9.05. The number of nitrogens with zero attached hydrogens (tertiary/aromatic N) is 1. The molecule has 1 aliphatic rings. The molecule has 1 heterocycles. The van der Waals surface area contributed by atoms with Gasteiger partial charge in [0.2, 0.25) is 0 Å². The van der Waals surface area contributed by atoms with E-state index < -0.39 is 0 Å². The Labute approximate surface area is 90.3 Å². The lowest BCUT2D eigenvalue weighted by molar-refractivity contribution is -0.0139. The van der Waals surface area contributed by atoms with E-state index in [1.54, 1.807) is 0 Å². The standard InChI is InChI=1S/C12H17NO2/c1-9-4-3-5-10(6-9)12-13(2)7-11(8-14)15-12/h3-6,11-12,14H,7-8H2,1-2H3. The van der Waals surface area contributed by atoms with Crippen LogP contribution in [0.3, 0.4) is 0 Å². The number of likely N-dealkylation sites (N-methyl/N-ethyl adjacent to an activating group) is 1. The molecule has 0 aliphatic carbocycles. The molecule has 1 aliphatic heterocycles. The van der Waals surface area contributed by atoms with Crippen LogP contribution in [0.4, 0.5) is 0 Å². The fourth-order valence-corrected chi connectivity index (χ4v) is 2.00. The van der Waals surface area contributed by atoms with E-state index in [4.69, 9.17) is 9.84 Å². The van der Waals surface area contributed by atoms with Gasteiger partial charge >= 0.3 is 0 Å². The Hall–Kier alpha value is -0.900. The van der Waals surface area contributed by atoms with Gasteiger partial charge in [0.1, 0.15) is 6.23 Å². The van der Waals surface area contributed by atoms with E-state index in [1.165, 1.54) is 5.56 Å². The largest absolute Gasteiger partial charge is 0.394 e. The highest BCUT2D eigenvalue weighted by molar-refractivity contribution is 5.24. The zero-order valence-electron chi connectivity index (χ0n) is 9.18. The van der Waals surface area contributed by atoms with Crippen LogP contribution in [-0.2, 0) is 4.74 Å². The summed E-state index contributed by atoms with van der Waals surface area (Å²) in [5.74, 6) is 0. The maximum atomic E-state index is 9.05. The number of hydrogen-bond donors (Lipinski definition) is 1. The number of aryl methyl sites for hydroxylation is 1. The molecule has 1 aromatic rings. The van der Waals surface area contributed by atoms with Crippen LogP contribution in [0.2, 0.25) is 0 Å². The molecule has 2 rings (SSSR count). The molecule has 82 valence electrons. The van der Waals surface area contributed by atoms with E-state index in [1.807, 2.05) is 13.1 Å². The summed E-state index contributed by atoms with van der Waals surface area (Å²) in [5.41, 5.74) is 2.39. The summed E-state index contributed by atoms with van der Waals surface area (Å²) in [6, 6.07) is 8.30. The van der Waals surface area contributed by atoms with E-state index in [2.05, 4.69) is 30.0 Å². The molecule has 0 amide bonds. The molecule has 1 N–H and O–H groups in total. The molecule has 2 unspecified atom stereocenters. The SMILES string of the molecule is Cc1cccc(C2OC(CO)CN2C)c1. The Morgan fingerprint density at radius 2 is 2.33 bits per heavy atom. The predicted molar refractivity (Wildman–Crippen MR) is 58.5 cm³/mol. The first-order valence-corrected chi connectivity index (χ1v) is 5.24. The van der Waals surface area contributed by atoms with Gasteiger partial charge in [-0.3, -0.25) is 4.90 Å². The third-order valence-corrected chi connectivity index (χ3v) is 2.74. The van der Waals surface area contributed by atoms with E-state index in [-0.39, 0.29) is 18.9 Å². The molecule has 1 aromatic carbocycles. The summed E-state index contributed by atoms with van der Waals surface area (Å²) >= 11 is 0. The molecule has 3 nitrogen and oxygen atoms in total. The van der Waals surface area contributed by atoms with Crippen molar-refractivity contribution in [2.24, 2.45) is 0 Å². The summed E-state index contributed by atoms with van der Waals surface area (Å²) in [7, 11) is 2.02. The molecule has 15 heavy (non-hydrogen) atoms. The monoisotopic (exact) mass is 207 g/mol. The lowest BCUT2D eigenvalue weighted by Crippen LogP contribution is -2.20. The van der Waals surface area contributed by atoms with E-state index >= 15 is 0 Å². The average Bonchev–Trinajstić information content (AvgIpc) is 2.60. The average molecular weight is 207 g/mol. The Morgan fingerprint density at radius 1 is 1.53 bits per heavy atom. The summed E-state index contributed by atoms with van der Waals surface area (Å²) in [4.78, 5) is 2.12. The number of aliphatic hydroxyl groups is 1. The first-order valence-electron chi connectivity index (χ1n) is 5.24. The van der Waals surface area contributed by atoms with Crippen molar-refractivity contribution in [1.29, 1.82) is 0 Å². The summed E-state index contributed by atoms with van der Waals surface area (Å²) in [6.07, 6.45) is -0.0671. The fraction of sp³-hybridized carbons (Fsp3) is 0.500. The van der Waals surface area contributed by atoms with Crippen molar-refractivity contribution >= 4 is 0 Å². The second kappa shape index (κ2) is 4.31. The smallest absolute Gasteiger partial charge is 0.137 e. The van der Waals surface area contributed by atoms with Crippen molar-refractivity contribution in [2.75, 3.05) is 20.2 Å². The van der Waals surface area contributed by atoms with Crippen molar-refractivity contribution in [2.45, 2.75) is 19.3 Å². The Morgan fingerprint density at radius 3 is 2.93 bits per heavy atom. The molecule has 1 saturated heterocycles. The quantitative estimate of drug-likeness (QED) is 0.793. The molecule has 0 spiro atoms. The Kier molecular flexibility index (Phi) is 3.05. The minimum atomic E-state index is -0.0551. The van der Waals surface area contributed by atoms with Crippen LogP contribution in [0.25, 0.3) is 0 Å². The van der Waals surface area contributed by atoms with Gasteiger partial charge in [-0.2, -0.15) is 0 Å². The number of rotatable bonds is 2. The lowest BCUT2D eigenvalue weighted by atomic mass is 10.1. The van der Waals surface area contributed by atoms with Gasteiger partial charge in [-0.05, 0) is 19.5 Å². The Bertz CT molecular complexity index is 340. The van der Waals surface area contributed by atoms with Gasteiger partial charge in [-0.1, -0.05) is 29.8 Å². The highest BCUT2D eigenvalue weighted by Crippen LogP contribution is 2.28. The maximum Gasteiger partial charge on any atom is 0.137 e. The highest BCUT2D eigenvalue weighted by atomic mass is 16.5. The van der Waals surface area contributed by atoms with Crippen molar-refractivity contribution in [1.82, 2.24) is 4.90 Å². The molecular formula is C12H17NO2. The van der Waals surface area contributed by atoms with Gasteiger partial charge in [0.15, 0.2) is 0 Å². The zero-order chi connectivity index (χ0) is 10.8.